The van der Waals surface area contributed by atoms with Gasteiger partial charge < -0.3 is 21.4 Å². The van der Waals surface area contributed by atoms with Crippen LogP contribution in [0.4, 0.5) is 0 Å². The molecule has 2 amide bonds. The Balaban J connectivity index is 0.00000288. The van der Waals surface area contributed by atoms with Crippen LogP contribution in [-0.4, -0.2) is 40.9 Å². The monoisotopic (exact) mass is 389 g/mol. The highest BCUT2D eigenvalue weighted by Gasteiger charge is 2.17. The highest BCUT2D eigenvalue weighted by Crippen LogP contribution is 2.10. The number of imidazole rings is 1. The lowest BCUT2D eigenvalue weighted by Crippen LogP contribution is -2.47. The Bertz CT molecular complexity index is 657. The number of H-pyrrole nitrogens is 1. The first-order chi connectivity index (χ1) is 11.0. The largest absolute Gasteiger partial charge is 0.354 e. The van der Waals surface area contributed by atoms with Gasteiger partial charge in [-0.05, 0) is 18.1 Å². The van der Waals surface area contributed by atoms with Crippen LogP contribution in [0.3, 0.4) is 0 Å². The van der Waals surface area contributed by atoms with Crippen LogP contribution in [0.1, 0.15) is 19.7 Å². The molecule has 0 aliphatic carbocycles. The standard InChI is InChI=1S/C16H23N5O2.2ClH/c1-10(2)15(17)16(23)19-9-14(22)18-8-7-13-20-11-5-3-4-6-12(11)21-13;;/h3-6,10,15H,7-9,17H2,1-2H3,(H,18,22)(H,19,23)(H,20,21);2*1H/t15-;;/m0../s1. The molecule has 5 N–H and O–H groups in total. The molecule has 0 aliphatic rings. The molecular weight excluding hydrogens is 365 g/mol. The van der Waals surface area contributed by atoms with E-state index in [1.165, 1.54) is 0 Å². The maximum absolute atomic E-state index is 11.7. The number of aromatic amines is 1. The summed E-state index contributed by atoms with van der Waals surface area (Å²) in [6.07, 6.45) is 0.597. The predicted molar refractivity (Wildman–Crippen MR) is 103 cm³/mol. The molecular formula is C16H25Cl2N5O2. The number of aromatic nitrogens is 2. The SMILES string of the molecule is CC(C)[C@H](N)C(=O)NCC(=O)NCCc1nc2ccccc2[nH]1.Cl.Cl. The van der Waals surface area contributed by atoms with Crippen molar-refractivity contribution in [1.29, 1.82) is 0 Å². The van der Waals surface area contributed by atoms with Gasteiger partial charge in [-0.25, -0.2) is 4.98 Å². The van der Waals surface area contributed by atoms with Crippen molar-refractivity contribution in [2.24, 2.45) is 11.7 Å². The lowest BCUT2D eigenvalue weighted by atomic mass is 10.1. The number of para-hydroxylation sites is 2. The third-order valence-electron chi connectivity index (χ3n) is 3.57. The smallest absolute Gasteiger partial charge is 0.239 e. The molecule has 1 atom stereocenters. The summed E-state index contributed by atoms with van der Waals surface area (Å²) in [6, 6.07) is 7.16. The maximum Gasteiger partial charge on any atom is 0.239 e. The molecule has 1 aromatic heterocycles. The van der Waals surface area contributed by atoms with Crippen LogP contribution in [0.25, 0.3) is 11.0 Å². The number of nitrogens with one attached hydrogen (secondary N) is 3. The van der Waals surface area contributed by atoms with E-state index in [1.807, 2.05) is 38.1 Å². The third kappa shape index (κ3) is 6.89. The molecule has 0 saturated carbocycles. The number of hydrogen-bond donors (Lipinski definition) is 4. The number of amides is 2. The van der Waals surface area contributed by atoms with E-state index >= 15 is 0 Å². The van der Waals surface area contributed by atoms with E-state index in [1.54, 1.807) is 0 Å². The van der Waals surface area contributed by atoms with E-state index in [-0.39, 0.29) is 49.1 Å². The first-order valence-corrected chi connectivity index (χ1v) is 7.71. The molecule has 0 radical (unpaired) electrons. The normalized spacial score (nSPS) is 11.4. The fourth-order valence-electron chi connectivity index (χ4n) is 2.09. The first kappa shape index (κ1) is 23.2. The fraction of sp³-hybridized carbons (Fsp3) is 0.438. The van der Waals surface area contributed by atoms with Crippen LogP contribution in [0.5, 0.6) is 0 Å². The summed E-state index contributed by atoms with van der Waals surface area (Å²) in [5.74, 6) is 0.293. The van der Waals surface area contributed by atoms with Crippen molar-refractivity contribution in [3.05, 3.63) is 30.1 Å². The number of carbonyl (C=O) groups excluding carboxylic acids is 2. The van der Waals surface area contributed by atoms with Crippen LogP contribution < -0.4 is 16.4 Å². The van der Waals surface area contributed by atoms with E-state index in [0.717, 1.165) is 16.9 Å². The molecule has 0 bridgehead atoms. The Labute approximate surface area is 159 Å². The van der Waals surface area contributed by atoms with E-state index in [4.69, 9.17) is 5.73 Å². The van der Waals surface area contributed by atoms with Crippen molar-refractivity contribution >= 4 is 47.7 Å². The quantitative estimate of drug-likeness (QED) is 0.568. The van der Waals surface area contributed by atoms with Gasteiger partial charge in [-0.3, -0.25) is 9.59 Å². The minimum absolute atomic E-state index is 0. The average molecular weight is 390 g/mol. The van der Waals surface area contributed by atoms with Crippen LogP contribution in [0.2, 0.25) is 0 Å². The van der Waals surface area contributed by atoms with E-state index in [9.17, 15) is 9.59 Å². The number of nitrogens with two attached hydrogens (primary N) is 1. The molecule has 25 heavy (non-hydrogen) atoms. The summed E-state index contributed by atoms with van der Waals surface area (Å²) in [6.45, 7) is 4.10. The van der Waals surface area contributed by atoms with Gasteiger partial charge in [-0.2, -0.15) is 0 Å². The lowest BCUT2D eigenvalue weighted by molar-refractivity contribution is -0.127. The molecule has 140 valence electrons. The minimum atomic E-state index is -0.599. The Kier molecular flexibility index (Phi) is 10.1. The molecule has 7 nitrogen and oxygen atoms in total. The van der Waals surface area contributed by atoms with E-state index in [2.05, 4.69) is 20.6 Å². The van der Waals surface area contributed by atoms with E-state index in [0.29, 0.717) is 13.0 Å². The van der Waals surface area contributed by atoms with Gasteiger partial charge in [0.05, 0.1) is 23.6 Å². The number of rotatable bonds is 7. The number of carbonyl (C=O) groups is 2. The topological polar surface area (TPSA) is 113 Å². The van der Waals surface area contributed by atoms with Gasteiger partial charge in [-0.15, -0.1) is 24.8 Å². The molecule has 1 aromatic carbocycles. The molecule has 2 rings (SSSR count). The fourth-order valence-corrected chi connectivity index (χ4v) is 2.09. The Hall–Kier alpha value is -1.83. The molecule has 0 unspecified atom stereocenters. The minimum Gasteiger partial charge on any atom is -0.354 e. The van der Waals surface area contributed by atoms with Crippen molar-refractivity contribution in [1.82, 2.24) is 20.6 Å². The maximum atomic E-state index is 11.7. The molecule has 0 aliphatic heterocycles. The number of nitrogens with zero attached hydrogens (tertiary/aromatic N) is 1. The van der Waals surface area contributed by atoms with Gasteiger partial charge in [0.25, 0.3) is 0 Å². The van der Waals surface area contributed by atoms with Gasteiger partial charge in [0.15, 0.2) is 0 Å². The van der Waals surface area contributed by atoms with Crippen LogP contribution in [-0.2, 0) is 16.0 Å². The second-order valence-electron chi connectivity index (χ2n) is 5.79. The van der Waals surface area contributed by atoms with Crippen LogP contribution in [0, 0.1) is 5.92 Å². The zero-order valence-corrected chi connectivity index (χ0v) is 15.9. The summed E-state index contributed by atoms with van der Waals surface area (Å²) in [5.41, 5.74) is 7.59. The van der Waals surface area contributed by atoms with Crippen molar-refractivity contribution < 1.29 is 9.59 Å². The number of halogens is 2. The number of hydrogen-bond acceptors (Lipinski definition) is 4. The van der Waals surface area contributed by atoms with Gasteiger partial charge in [-0.1, -0.05) is 26.0 Å². The lowest BCUT2D eigenvalue weighted by Gasteiger charge is -2.15. The number of fused-ring (bicyclic) bond motifs is 1. The summed E-state index contributed by atoms with van der Waals surface area (Å²) in [5, 5.41) is 5.28. The highest BCUT2D eigenvalue weighted by atomic mass is 35.5. The summed E-state index contributed by atoms with van der Waals surface area (Å²) < 4.78 is 0. The zero-order chi connectivity index (χ0) is 16.8. The van der Waals surface area contributed by atoms with Crippen molar-refractivity contribution in [2.75, 3.05) is 13.1 Å². The van der Waals surface area contributed by atoms with Gasteiger partial charge >= 0.3 is 0 Å². The second kappa shape index (κ2) is 10.9. The van der Waals surface area contributed by atoms with Crippen LogP contribution >= 0.6 is 24.8 Å². The summed E-state index contributed by atoms with van der Waals surface area (Å²) in [4.78, 5) is 31.0. The van der Waals surface area contributed by atoms with Gasteiger partial charge in [0.2, 0.25) is 11.8 Å². The molecule has 9 heteroatoms. The summed E-state index contributed by atoms with van der Waals surface area (Å²) >= 11 is 0. The average Bonchev–Trinajstić information content (AvgIpc) is 2.94. The predicted octanol–water partition coefficient (Wildman–Crippen LogP) is 1.16. The Morgan fingerprint density at radius 2 is 1.88 bits per heavy atom. The third-order valence-corrected chi connectivity index (χ3v) is 3.57. The molecule has 1 heterocycles. The first-order valence-electron chi connectivity index (χ1n) is 7.71. The van der Waals surface area contributed by atoms with Gasteiger partial charge in [0, 0.05) is 13.0 Å². The second-order valence-corrected chi connectivity index (χ2v) is 5.79. The molecule has 0 spiro atoms. The highest BCUT2D eigenvalue weighted by molar-refractivity contribution is 5.87. The van der Waals surface area contributed by atoms with E-state index < -0.39 is 6.04 Å². The van der Waals surface area contributed by atoms with Gasteiger partial charge in [0.1, 0.15) is 5.82 Å². The molecule has 0 fully saturated rings. The zero-order valence-electron chi connectivity index (χ0n) is 14.2. The van der Waals surface area contributed by atoms with Crippen molar-refractivity contribution in [3.8, 4) is 0 Å². The van der Waals surface area contributed by atoms with Crippen LogP contribution in [0.15, 0.2) is 24.3 Å². The molecule has 0 saturated heterocycles. The molecule has 2 aromatic rings. The summed E-state index contributed by atoms with van der Waals surface area (Å²) in [7, 11) is 0. The van der Waals surface area contributed by atoms with Crippen molar-refractivity contribution in [3.63, 3.8) is 0 Å². The Morgan fingerprint density at radius 3 is 2.52 bits per heavy atom. The Morgan fingerprint density at radius 1 is 1.20 bits per heavy atom. The van der Waals surface area contributed by atoms with Crippen molar-refractivity contribution in [2.45, 2.75) is 26.3 Å². The number of benzene rings is 1.